The van der Waals surface area contributed by atoms with Crippen LogP contribution >= 0.6 is 0 Å². The molecular formula is C10H18N2O3. The van der Waals surface area contributed by atoms with Crippen LogP contribution < -0.4 is 5.73 Å². The molecule has 2 heterocycles. The van der Waals surface area contributed by atoms with Gasteiger partial charge < -0.3 is 20.1 Å². The van der Waals surface area contributed by atoms with Gasteiger partial charge in [0, 0.05) is 24.5 Å². The van der Waals surface area contributed by atoms with Gasteiger partial charge in [-0.2, -0.15) is 0 Å². The van der Waals surface area contributed by atoms with Crippen LogP contribution in [0.3, 0.4) is 0 Å². The fourth-order valence-electron chi connectivity index (χ4n) is 1.87. The normalized spacial score (nSPS) is 31.5. The second-order valence-corrected chi connectivity index (χ2v) is 4.37. The molecule has 2 aliphatic rings. The zero-order chi connectivity index (χ0) is 10.8. The van der Waals surface area contributed by atoms with Crippen molar-refractivity contribution in [2.75, 3.05) is 26.4 Å². The van der Waals surface area contributed by atoms with Crippen LogP contribution in [0.5, 0.6) is 0 Å². The Morgan fingerprint density at radius 3 is 2.80 bits per heavy atom. The minimum atomic E-state index is -0.234. The number of hydrogen-bond donors (Lipinski definition) is 1. The first kappa shape index (κ1) is 10.7. The molecule has 1 amide bonds. The molecule has 0 saturated carbocycles. The van der Waals surface area contributed by atoms with Crippen molar-refractivity contribution < 1.29 is 14.3 Å². The summed E-state index contributed by atoms with van der Waals surface area (Å²) in [6, 6.07) is 0.180. The van der Waals surface area contributed by atoms with Gasteiger partial charge >= 0.3 is 6.09 Å². The van der Waals surface area contributed by atoms with Crippen molar-refractivity contribution in [3.8, 4) is 0 Å². The van der Waals surface area contributed by atoms with E-state index in [1.165, 1.54) is 0 Å². The molecule has 0 bridgehead atoms. The molecule has 0 aromatic heterocycles. The highest BCUT2D eigenvalue weighted by Crippen LogP contribution is 2.18. The molecule has 2 saturated heterocycles. The molecule has 0 aliphatic carbocycles. The van der Waals surface area contributed by atoms with Crippen molar-refractivity contribution in [2.24, 2.45) is 11.7 Å². The highest BCUT2D eigenvalue weighted by atomic mass is 16.6. The molecule has 0 radical (unpaired) electrons. The first-order valence-corrected chi connectivity index (χ1v) is 5.45. The zero-order valence-electron chi connectivity index (χ0n) is 9.02. The zero-order valence-corrected chi connectivity index (χ0v) is 9.02. The largest absolute Gasteiger partial charge is 0.449 e. The van der Waals surface area contributed by atoms with Crippen LogP contribution in [0, 0.1) is 5.92 Å². The predicted octanol–water partition coefficient (Wildman–Crippen LogP) is 0.191. The van der Waals surface area contributed by atoms with E-state index in [1.54, 1.807) is 4.90 Å². The maximum atomic E-state index is 11.7. The third-order valence-electron chi connectivity index (χ3n) is 3.20. The Labute approximate surface area is 89.5 Å². The Morgan fingerprint density at radius 1 is 1.60 bits per heavy atom. The number of nitrogens with two attached hydrogens (primary N) is 1. The van der Waals surface area contributed by atoms with Crippen LogP contribution in [0.15, 0.2) is 0 Å². The number of carbonyl (C=O) groups is 1. The van der Waals surface area contributed by atoms with Crippen LogP contribution in [-0.2, 0) is 9.47 Å². The lowest BCUT2D eigenvalue weighted by molar-refractivity contribution is -0.0613. The molecule has 5 nitrogen and oxygen atoms in total. The van der Waals surface area contributed by atoms with E-state index in [1.807, 2.05) is 6.92 Å². The lowest BCUT2D eigenvalue weighted by Crippen LogP contribution is -2.42. The van der Waals surface area contributed by atoms with Crippen LogP contribution in [0.1, 0.15) is 13.3 Å². The summed E-state index contributed by atoms with van der Waals surface area (Å²) in [4.78, 5) is 13.4. The standard InChI is InChI=1S/C10H18N2O3/c1-7-9(11)2-3-12(7)10(13)15-6-8-4-14-5-8/h7-9H,2-6,11H2,1H3. The second kappa shape index (κ2) is 4.37. The van der Waals surface area contributed by atoms with Gasteiger partial charge in [-0.25, -0.2) is 4.79 Å². The lowest BCUT2D eigenvalue weighted by atomic mass is 10.1. The van der Waals surface area contributed by atoms with Gasteiger partial charge in [0.15, 0.2) is 0 Å². The number of rotatable bonds is 2. The van der Waals surface area contributed by atoms with Crippen LogP contribution in [0.25, 0.3) is 0 Å². The van der Waals surface area contributed by atoms with Crippen LogP contribution in [-0.4, -0.2) is 49.4 Å². The molecule has 2 aliphatic heterocycles. The van der Waals surface area contributed by atoms with Crippen molar-refractivity contribution in [1.82, 2.24) is 4.90 Å². The molecule has 2 unspecified atom stereocenters. The number of carbonyl (C=O) groups excluding carboxylic acids is 1. The van der Waals surface area contributed by atoms with Crippen molar-refractivity contribution >= 4 is 6.09 Å². The predicted molar refractivity (Wildman–Crippen MR) is 54.4 cm³/mol. The van der Waals surface area contributed by atoms with E-state index in [0.29, 0.717) is 32.3 Å². The van der Waals surface area contributed by atoms with Gasteiger partial charge in [0.2, 0.25) is 0 Å². The third kappa shape index (κ3) is 2.23. The number of hydrogen-bond acceptors (Lipinski definition) is 4. The SMILES string of the molecule is CC1C(N)CCN1C(=O)OCC1COC1. The van der Waals surface area contributed by atoms with Gasteiger partial charge in [0.25, 0.3) is 0 Å². The van der Waals surface area contributed by atoms with E-state index in [2.05, 4.69) is 0 Å². The summed E-state index contributed by atoms with van der Waals surface area (Å²) in [6.07, 6.45) is 0.630. The van der Waals surface area contributed by atoms with E-state index in [0.717, 1.165) is 6.42 Å². The first-order chi connectivity index (χ1) is 7.18. The molecule has 2 fully saturated rings. The van der Waals surface area contributed by atoms with Gasteiger partial charge in [-0.3, -0.25) is 0 Å². The van der Waals surface area contributed by atoms with E-state index in [4.69, 9.17) is 15.2 Å². The van der Waals surface area contributed by atoms with Crippen molar-refractivity contribution in [3.63, 3.8) is 0 Å². The third-order valence-corrected chi connectivity index (χ3v) is 3.20. The summed E-state index contributed by atoms with van der Waals surface area (Å²) in [7, 11) is 0. The van der Waals surface area contributed by atoms with Crippen molar-refractivity contribution in [2.45, 2.75) is 25.4 Å². The molecule has 5 heteroatoms. The average Bonchev–Trinajstić information content (AvgIpc) is 2.45. The van der Waals surface area contributed by atoms with Gasteiger partial charge in [-0.1, -0.05) is 0 Å². The van der Waals surface area contributed by atoms with E-state index in [-0.39, 0.29) is 18.2 Å². The number of nitrogens with zero attached hydrogens (tertiary/aromatic N) is 1. The second-order valence-electron chi connectivity index (χ2n) is 4.37. The number of ether oxygens (including phenoxy) is 2. The van der Waals surface area contributed by atoms with Gasteiger partial charge in [0.1, 0.15) is 6.61 Å². The maximum Gasteiger partial charge on any atom is 0.410 e. The number of likely N-dealkylation sites (tertiary alicyclic amines) is 1. The molecule has 0 aromatic carbocycles. The fraction of sp³-hybridized carbons (Fsp3) is 0.900. The van der Waals surface area contributed by atoms with Gasteiger partial charge in [0.05, 0.1) is 13.2 Å². The summed E-state index contributed by atoms with van der Waals surface area (Å²) in [6.45, 7) is 4.57. The summed E-state index contributed by atoms with van der Waals surface area (Å²) in [5.74, 6) is 0.389. The average molecular weight is 214 g/mol. The minimum absolute atomic E-state index is 0.0876. The molecule has 86 valence electrons. The summed E-state index contributed by atoms with van der Waals surface area (Å²) < 4.78 is 10.2. The quantitative estimate of drug-likeness (QED) is 0.712. The fourth-order valence-corrected chi connectivity index (χ4v) is 1.87. The Morgan fingerprint density at radius 2 is 2.33 bits per heavy atom. The Balaban J connectivity index is 1.75. The topological polar surface area (TPSA) is 64.8 Å². The maximum absolute atomic E-state index is 11.7. The molecule has 15 heavy (non-hydrogen) atoms. The first-order valence-electron chi connectivity index (χ1n) is 5.45. The molecule has 2 atom stereocenters. The van der Waals surface area contributed by atoms with Gasteiger partial charge in [-0.05, 0) is 13.3 Å². The Kier molecular flexibility index (Phi) is 3.11. The smallest absolute Gasteiger partial charge is 0.410 e. The lowest BCUT2D eigenvalue weighted by Gasteiger charge is -2.27. The summed E-state index contributed by atoms with van der Waals surface area (Å²) in [5, 5.41) is 0. The molecule has 0 aromatic rings. The minimum Gasteiger partial charge on any atom is -0.449 e. The molecule has 0 spiro atoms. The highest BCUT2D eigenvalue weighted by molar-refractivity contribution is 5.68. The molecular weight excluding hydrogens is 196 g/mol. The summed E-state index contributed by atoms with van der Waals surface area (Å²) in [5.41, 5.74) is 5.83. The Bertz CT molecular complexity index is 243. The van der Waals surface area contributed by atoms with Crippen molar-refractivity contribution in [1.29, 1.82) is 0 Å². The van der Waals surface area contributed by atoms with Crippen LogP contribution in [0.2, 0.25) is 0 Å². The van der Waals surface area contributed by atoms with E-state index < -0.39 is 0 Å². The van der Waals surface area contributed by atoms with Gasteiger partial charge in [-0.15, -0.1) is 0 Å². The number of amides is 1. The monoisotopic (exact) mass is 214 g/mol. The van der Waals surface area contributed by atoms with Crippen molar-refractivity contribution in [3.05, 3.63) is 0 Å². The summed E-state index contributed by atoms with van der Waals surface area (Å²) >= 11 is 0. The van der Waals surface area contributed by atoms with E-state index >= 15 is 0 Å². The van der Waals surface area contributed by atoms with Crippen LogP contribution in [0.4, 0.5) is 4.79 Å². The highest BCUT2D eigenvalue weighted by Gasteiger charge is 2.33. The van der Waals surface area contributed by atoms with E-state index in [9.17, 15) is 4.79 Å². The molecule has 2 rings (SSSR count). The molecule has 2 N–H and O–H groups in total. The Hall–Kier alpha value is -0.810.